The van der Waals surface area contributed by atoms with Gasteiger partial charge in [0.05, 0.1) is 12.1 Å². The monoisotopic (exact) mass is 319 g/mol. The Morgan fingerprint density at radius 1 is 1.26 bits per heavy atom. The summed E-state index contributed by atoms with van der Waals surface area (Å²) in [4.78, 5) is 16.1. The molecule has 0 aliphatic rings. The van der Waals surface area contributed by atoms with E-state index in [0.717, 1.165) is 15.7 Å². The molecule has 1 heterocycles. The molecule has 3 N–H and O–H groups in total. The molecule has 0 saturated carbocycles. The van der Waals surface area contributed by atoms with Crippen molar-refractivity contribution in [2.75, 3.05) is 11.1 Å². The number of amides is 1. The largest absolute Gasteiger partial charge is 0.399 e. The molecule has 0 spiro atoms. The van der Waals surface area contributed by atoms with Crippen LogP contribution in [-0.2, 0) is 11.2 Å². The zero-order valence-electron chi connectivity index (χ0n) is 10.5. The summed E-state index contributed by atoms with van der Waals surface area (Å²) in [5, 5.41) is 2.77. The van der Waals surface area contributed by atoms with Gasteiger partial charge in [-0.05, 0) is 52.7 Å². The molecule has 0 radical (unpaired) electrons. The van der Waals surface area contributed by atoms with Crippen LogP contribution in [0.25, 0.3) is 0 Å². The zero-order chi connectivity index (χ0) is 13.8. The second-order valence-electron chi connectivity index (χ2n) is 4.23. The van der Waals surface area contributed by atoms with Crippen molar-refractivity contribution < 1.29 is 4.79 Å². The van der Waals surface area contributed by atoms with Gasteiger partial charge in [-0.1, -0.05) is 12.1 Å². The summed E-state index contributed by atoms with van der Waals surface area (Å²) < 4.78 is 0.920. The molecule has 0 unspecified atom stereocenters. The Labute approximate surface area is 120 Å². The van der Waals surface area contributed by atoms with Crippen LogP contribution in [0, 0.1) is 6.92 Å². The Kier molecular flexibility index (Phi) is 4.16. The standard InChI is InChI=1S/C14H14BrN3O/c1-9-12(15)6-7-13(17-9)18-14(19)8-10-2-4-11(16)5-3-10/h2-7H,8,16H2,1H3,(H,17,18,19). The number of carbonyl (C=O) groups excluding carboxylic acids is 1. The fraction of sp³-hybridized carbons (Fsp3) is 0.143. The van der Waals surface area contributed by atoms with Gasteiger partial charge in [-0.25, -0.2) is 4.98 Å². The molecule has 0 fully saturated rings. The number of aromatic nitrogens is 1. The molecule has 0 saturated heterocycles. The molecule has 0 bridgehead atoms. The van der Waals surface area contributed by atoms with Crippen molar-refractivity contribution in [3.8, 4) is 0 Å². The van der Waals surface area contributed by atoms with Crippen LogP contribution in [0.15, 0.2) is 40.9 Å². The molecular weight excluding hydrogens is 306 g/mol. The molecule has 2 rings (SSSR count). The van der Waals surface area contributed by atoms with Crippen LogP contribution >= 0.6 is 15.9 Å². The average molecular weight is 320 g/mol. The molecule has 4 nitrogen and oxygen atoms in total. The Balaban J connectivity index is 2.01. The predicted molar refractivity (Wildman–Crippen MR) is 79.9 cm³/mol. The predicted octanol–water partition coefficient (Wildman–Crippen LogP) is 2.92. The quantitative estimate of drug-likeness (QED) is 0.855. The van der Waals surface area contributed by atoms with Crippen molar-refractivity contribution in [1.29, 1.82) is 0 Å². The molecule has 0 atom stereocenters. The maximum atomic E-state index is 11.9. The minimum Gasteiger partial charge on any atom is -0.399 e. The van der Waals surface area contributed by atoms with Crippen molar-refractivity contribution >= 4 is 33.3 Å². The van der Waals surface area contributed by atoms with Gasteiger partial charge in [0.2, 0.25) is 5.91 Å². The Morgan fingerprint density at radius 2 is 1.95 bits per heavy atom. The smallest absolute Gasteiger partial charge is 0.229 e. The van der Waals surface area contributed by atoms with E-state index < -0.39 is 0 Å². The van der Waals surface area contributed by atoms with Crippen LogP contribution < -0.4 is 11.1 Å². The van der Waals surface area contributed by atoms with E-state index in [4.69, 9.17) is 5.73 Å². The molecule has 1 amide bonds. The lowest BCUT2D eigenvalue weighted by atomic mass is 10.1. The highest BCUT2D eigenvalue weighted by Gasteiger charge is 2.06. The maximum Gasteiger partial charge on any atom is 0.229 e. The Hall–Kier alpha value is -1.88. The van der Waals surface area contributed by atoms with E-state index in [1.54, 1.807) is 18.2 Å². The van der Waals surface area contributed by atoms with Gasteiger partial charge in [0.25, 0.3) is 0 Å². The maximum absolute atomic E-state index is 11.9. The lowest BCUT2D eigenvalue weighted by Gasteiger charge is -2.06. The third kappa shape index (κ3) is 3.79. The van der Waals surface area contributed by atoms with Crippen LogP contribution in [0.3, 0.4) is 0 Å². The zero-order valence-corrected chi connectivity index (χ0v) is 12.1. The highest BCUT2D eigenvalue weighted by Crippen LogP contribution is 2.16. The average Bonchev–Trinajstić information content (AvgIpc) is 2.37. The number of nitrogens with two attached hydrogens (primary N) is 1. The Morgan fingerprint density at radius 3 is 2.58 bits per heavy atom. The molecule has 0 aliphatic carbocycles. The minimum absolute atomic E-state index is 0.0982. The first-order valence-corrected chi connectivity index (χ1v) is 6.61. The first kappa shape index (κ1) is 13.5. The van der Waals surface area contributed by atoms with Crippen molar-refractivity contribution in [3.05, 3.63) is 52.1 Å². The van der Waals surface area contributed by atoms with Gasteiger partial charge >= 0.3 is 0 Å². The minimum atomic E-state index is -0.0982. The number of benzene rings is 1. The summed E-state index contributed by atoms with van der Waals surface area (Å²) in [7, 11) is 0. The van der Waals surface area contributed by atoms with E-state index >= 15 is 0 Å². The fourth-order valence-corrected chi connectivity index (χ4v) is 1.84. The molecule has 1 aromatic carbocycles. The van der Waals surface area contributed by atoms with Crippen molar-refractivity contribution in [2.24, 2.45) is 0 Å². The molecular formula is C14H14BrN3O. The number of hydrogen-bond acceptors (Lipinski definition) is 3. The summed E-state index contributed by atoms with van der Waals surface area (Å²) in [6.07, 6.45) is 0.303. The number of rotatable bonds is 3. The summed E-state index contributed by atoms with van der Waals surface area (Å²) in [5.41, 5.74) is 8.04. The second-order valence-corrected chi connectivity index (χ2v) is 5.08. The molecule has 1 aromatic heterocycles. The number of hydrogen-bond donors (Lipinski definition) is 2. The van der Waals surface area contributed by atoms with E-state index in [9.17, 15) is 4.79 Å². The van der Waals surface area contributed by atoms with Crippen molar-refractivity contribution in [1.82, 2.24) is 4.98 Å². The number of carbonyl (C=O) groups is 1. The number of aryl methyl sites for hydroxylation is 1. The van der Waals surface area contributed by atoms with Crippen molar-refractivity contribution in [2.45, 2.75) is 13.3 Å². The number of pyridine rings is 1. The van der Waals surface area contributed by atoms with E-state index in [1.165, 1.54) is 0 Å². The van der Waals surface area contributed by atoms with Gasteiger partial charge in [0, 0.05) is 10.2 Å². The van der Waals surface area contributed by atoms with Gasteiger partial charge in [-0.3, -0.25) is 4.79 Å². The molecule has 98 valence electrons. The third-order valence-electron chi connectivity index (χ3n) is 2.63. The van der Waals surface area contributed by atoms with Gasteiger partial charge < -0.3 is 11.1 Å². The molecule has 5 heteroatoms. The Bertz CT molecular complexity index is 596. The van der Waals surface area contributed by atoms with E-state index in [0.29, 0.717) is 17.9 Å². The summed E-state index contributed by atoms with van der Waals surface area (Å²) in [6.45, 7) is 1.87. The number of nitrogen functional groups attached to an aromatic ring is 1. The third-order valence-corrected chi connectivity index (χ3v) is 3.47. The van der Waals surface area contributed by atoms with Crippen LogP contribution in [-0.4, -0.2) is 10.9 Å². The number of nitrogens with one attached hydrogen (secondary N) is 1. The summed E-state index contributed by atoms with van der Waals surface area (Å²) in [5.74, 6) is 0.458. The lowest BCUT2D eigenvalue weighted by molar-refractivity contribution is -0.115. The highest BCUT2D eigenvalue weighted by molar-refractivity contribution is 9.10. The molecule has 0 aliphatic heterocycles. The summed E-state index contributed by atoms with van der Waals surface area (Å²) in [6, 6.07) is 10.9. The van der Waals surface area contributed by atoms with Crippen molar-refractivity contribution in [3.63, 3.8) is 0 Å². The second kappa shape index (κ2) is 5.84. The van der Waals surface area contributed by atoms with Crippen LogP contribution in [0.4, 0.5) is 11.5 Å². The van der Waals surface area contributed by atoms with Gasteiger partial charge in [0.15, 0.2) is 0 Å². The van der Waals surface area contributed by atoms with Gasteiger partial charge in [-0.15, -0.1) is 0 Å². The number of nitrogens with zero attached hydrogens (tertiary/aromatic N) is 1. The number of halogens is 1. The number of anilines is 2. The first-order chi connectivity index (χ1) is 9.04. The van der Waals surface area contributed by atoms with E-state index in [1.807, 2.05) is 25.1 Å². The van der Waals surface area contributed by atoms with Crippen LogP contribution in [0.2, 0.25) is 0 Å². The van der Waals surface area contributed by atoms with Crippen LogP contribution in [0.1, 0.15) is 11.3 Å². The van der Waals surface area contributed by atoms with Gasteiger partial charge in [-0.2, -0.15) is 0 Å². The van der Waals surface area contributed by atoms with Crippen LogP contribution in [0.5, 0.6) is 0 Å². The van der Waals surface area contributed by atoms with E-state index in [-0.39, 0.29) is 5.91 Å². The topological polar surface area (TPSA) is 68.0 Å². The molecule has 2 aromatic rings. The fourth-order valence-electron chi connectivity index (χ4n) is 1.62. The SMILES string of the molecule is Cc1nc(NC(=O)Cc2ccc(N)cc2)ccc1Br. The first-order valence-electron chi connectivity index (χ1n) is 5.82. The normalized spacial score (nSPS) is 10.2. The lowest BCUT2D eigenvalue weighted by Crippen LogP contribution is -2.15. The van der Waals surface area contributed by atoms with Gasteiger partial charge in [0.1, 0.15) is 5.82 Å². The molecule has 19 heavy (non-hydrogen) atoms. The highest BCUT2D eigenvalue weighted by atomic mass is 79.9. The summed E-state index contributed by atoms with van der Waals surface area (Å²) >= 11 is 3.37. The van der Waals surface area contributed by atoms with E-state index in [2.05, 4.69) is 26.2 Å².